The summed E-state index contributed by atoms with van der Waals surface area (Å²) in [6.07, 6.45) is 4.80. The van der Waals surface area contributed by atoms with Crippen molar-refractivity contribution < 1.29 is 0 Å². The van der Waals surface area contributed by atoms with E-state index in [0.717, 1.165) is 23.3 Å². The van der Waals surface area contributed by atoms with Crippen LogP contribution in [0.4, 0.5) is 0 Å². The summed E-state index contributed by atoms with van der Waals surface area (Å²) in [6, 6.07) is 8.39. The van der Waals surface area contributed by atoms with E-state index in [0.29, 0.717) is 12.0 Å². The van der Waals surface area contributed by atoms with Gasteiger partial charge in [0.2, 0.25) is 0 Å². The monoisotopic (exact) mass is 280 g/mol. The zero-order valence-electron chi connectivity index (χ0n) is 11.9. The maximum atomic E-state index is 6.25. The van der Waals surface area contributed by atoms with Crippen LogP contribution in [0.1, 0.15) is 38.7 Å². The number of hydrazine groups is 1. The minimum atomic E-state index is 0.324. The first-order chi connectivity index (χ1) is 9.10. The van der Waals surface area contributed by atoms with Crippen molar-refractivity contribution in [3.63, 3.8) is 0 Å². The Hall–Kier alpha value is -0.570. The largest absolute Gasteiger partial charge is 0.271 e. The maximum absolute atomic E-state index is 6.25. The molecule has 0 spiro atoms. The molecule has 3 N–H and O–H groups in total. The van der Waals surface area contributed by atoms with E-state index >= 15 is 0 Å². The number of nitrogens with one attached hydrogen (secondary N) is 1. The van der Waals surface area contributed by atoms with E-state index in [2.05, 4.69) is 25.3 Å². The fourth-order valence-electron chi connectivity index (χ4n) is 3.60. The predicted octanol–water partition coefficient (Wildman–Crippen LogP) is 3.79. The van der Waals surface area contributed by atoms with Crippen LogP contribution in [0.5, 0.6) is 0 Å². The summed E-state index contributed by atoms with van der Waals surface area (Å²) in [5.41, 5.74) is 4.22. The third-order valence-electron chi connectivity index (χ3n) is 4.40. The average Bonchev–Trinajstić information content (AvgIpc) is 2.36. The zero-order valence-corrected chi connectivity index (χ0v) is 12.7. The van der Waals surface area contributed by atoms with Crippen LogP contribution in [0.25, 0.3) is 0 Å². The number of hydrogen-bond acceptors (Lipinski definition) is 2. The highest BCUT2D eigenvalue weighted by Gasteiger charge is 2.29. The molecule has 2 rings (SSSR count). The molecule has 3 atom stereocenters. The fraction of sp³-hybridized carbons (Fsp3) is 0.625. The highest BCUT2D eigenvalue weighted by atomic mass is 35.5. The highest BCUT2D eigenvalue weighted by molar-refractivity contribution is 6.31. The Morgan fingerprint density at radius 3 is 2.42 bits per heavy atom. The van der Waals surface area contributed by atoms with Crippen molar-refractivity contribution in [3.8, 4) is 0 Å². The molecule has 0 radical (unpaired) electrons. The van der Waals surface area contributed by atoms with E-state index in [1.54, 1.807) is 0 Å². The van der Waals surface area contributed by atoms with Gasteiger partial charge in [-0.1, -0.05) is 43.6 Å². The summed E-state index contributed by atoms with van der Waals surface area (Å²) >= 11 is 6.25. The van der Waals surface area contributed by atoms with Gasteiger partial charge in [-0.25, -0.2) is 0 Å². The molecule has 0 heterocycles. The molecule has 1 fully saturated rings. The molecule has 1 saturated carbocycles. The first-order valence-electron chi connectivity index (χ1n) is 7.29. The minimum absolute atomic E-state index is 0.324. The molecule has 1 aromatic carbocycles. The average molecular weight is 281 g/mol. The Bertz CT molecular complexity index is 397. The molecule has 0 aliphatic heterocycles. The lowest BCUT2D eigenvalue weighted by Crippen LogP contribution is -2.44. The smallest absolute Gasteiger partial charge is 0.0438 e. The maximum Gasteiger partial charge on any atom is 0.0438 e. The molecule has 0 bridgehead atoms. The lowest BCUT2D eigenvalue weighted by Gasteiger charge is -2.36. The summed E-state index contributed by atoms with van der Waals surface area (Å²) < 4.78 is 0. The number of benzene rings is 1. The lowest BCUT2D eigenvalue weighted by molar-refractivity contribution is 0.175. The van der Waals surface area contributed by atoms with Gasteiger partial charge in [0.15, 0.2) is 0 Å². The van der Waals surface area contributed by atoms with Crippen LogP contribution in [0.3, 0.4) is 0 Å². The van der Waals surface area contributed by atoms with Gasteiger partial charge in [0.25, 0.3) is 0 Å². The normalized spacial score (nSPS) is 29.2. The SMILES string of the molecule is CC1CC(C)CC(C(Cc2ccccc2Cl)NN)C1. The molecule has 106 valence electrons. The van der Waals surface area contributed by atoms with Crippen molar-refractivity contribution in [3.05, 3.63) is 34.9 Å². The molecule has 2 nitrogen and oxygen atoms in total. The Kier molecular flexibility index (Phi) is 5.26. The van der Waals surface area contributed by atoms with Crippen molar-refractivity contribution in [1.29, 1.82) is 0 Å². The summed E-state index contributed by atoms with van der Waals surface area (Å²) in [7, 11) is 0. The van der Waals surface area contributed by atoms with Gasteiger partial charge < -0.3 is 0 Å². The molecule has 1 aromatic rings. The first-order valence-corrected chi connectivity index (χ1v) is 7.67. The Labute approximate surface area is 121 Å². The second kappa shape index (κ2) is 6.74. The number of rotatable bonds is 4. The fourth-order valence-corrected chi connectivity index (χ4v) is 3.81. The van der Waals surface area contributed by atoms with Gasteiger partial charge in [0.05, 0.1) is 0 Å². The van der Waals surface area contributed by atoms with Crippen molar-refractivity contribution in [2.75, 3.05) is 0 Å². The lowest BCUT2D eigenvalue weighted by atomic mass is 9.73. The van der Waals surface area contributed by atoms with Gasteiger partial charge in [-0.05, 0) is 55.1 Å². The van der Waals surface area contributed by atoms with Gasteiger partial charge in [0.1, 0.15) is 0 Å². The van der Waals surface area contributed by atoms with Crippen molar-refractivity contribution in [2.45, 2.75) is 45.6 Å². The number of nitrogens with two attached hydrogens (primary N) is 1. The highest BCUT2D eigenvalue weighted by Crippen LogP contribution is 2.35. The van der Waals surface area contributed by atoms with E-state index in [4.69, 9.17) is 17.4 Å². The Balaban J connectivity index is 2.05. The van der Waals surface area contributed by atoms with Gasteiger partial charge in [0, 0.05) is 11.1 Å². The molecular weight excluding hydrogens is 256 g/mol. The van der Waals surface area contributed by atoms with Gasteiger partial charge in [-0.2, -0.15) is 0 Å². The van der Waals surface area contributed by atoms with Crippen LogP contribution in [0.2, 0.25) is 5.02 Å². The molecule has 0 aromatic heterocycles. The van der Waals surface area contributed by atoms with E-state index < -0.39 is 0 Å². The summed E-state index contributed by atoms with van der Waals surface area (Å²) in [5.74, 6) is 8.06. The molecule has 0 saturated heterocycles. The third kappa shape index (κ3) is 3.95. The van der Waals surface area contributed by atoms with E-state index in [-0.39, 0.29) is 0 Å². The van der Waals surface area contributed by atoms with E-state index in [1.807, 2.05) is 18.2 Å². The molecule has 1 aliphatic carbocycles. The third-order valence-corrected chi connectivity index (χ3v) is 4.76. The second-order valence-electron chi connectivity index (χ2n) is 6.25. The van der Waals surface area contributed by atoms with Crippen LogP contribution in [0, 0.1) is 17.8 Å². The molecule has 3 unspecified atom stereocenters. The first kappa shape index (κ1) is 14.8. The summed E-state index contributed by atoms with van der Waals surface area (Å²) in [5, 5.41) is 0.847. The zero-order chi connectivity index (χ0) is 13.8. The predicted molar refractivity (Wildman–Crippen MR) is 81.9 cm³/mol. The van der Waals surface area contributed by atoms with Gasteiger partial charge in [-0.3, -0.25) is 11.3 Å². The van der Waals surface area contributed by atoms with Crippen LogP contribution in [0.15, 0.2) is 24.3 Å². The molecule has 3 heteroatoms. The number of hydrogen-bond donors (Lipinski definition) is 2. The molecule has 1 aliphatic rings. The summed E-state index contributed by atoms with van der Waals surface area (Å²) in [6.45, 7) is 4.71. The topological polar surface area (TPSA) is 38.0 Å². The van der Waals surface area contributed by atoms with Crippen molar-refractivity contribution >= 4 is 11.6 Å². The van der Waals surface area contributed by atoms with Gasteiger partial charge in [-0.15, -0.1) is 0 Å². The molecule has 19 heavy (non-hydrogen) atoms. The standard InChI is InChI=1S/C16H25ClN2/c1-11-7-12(2)9-14(8-11)16(19-18)10-13-5-3-4-6-15(13)17/h3-6,11-12,14,16,19H,7-10,18H2,1-2H3. The van der Waals surface area contributed by atoms with Crippen molar-refractivity contribution in [2.24, 2.45) is 23.6 Å². The molecular formula is C16H25ClN2. The minimum Gasteiger partial charge on any atom is -0.271 e. The number of halogens is 1. The second-order valence-corrected chi connectivity index (χ2v) is 6.65. The Morgan fingerprint density at radius 2 is 1.84 bits per heavy atom. The van der Waals surface area contributed by atoms with Crippen LogP contribution in [-0.2, 0) is 6.42 Å². The van der Waals surface area contributed by atoms with Crippen molar-refractivity contribution in [1.82, 2.24) is 5.43 Å². The van der Waals surface area contributed by atoms with Crippen LogP contribution < -0.4 is 11.3 Å². The quantitative estimate of drug-likeness (QED) is 0.651. The summed E-state index contributed by atoms with van der Waals surface area (Å²) in [4.78, 5) is 0. The van der Waals surface area contributed by atoms with E-state index in [9.17, 15) is 0 Å². The van der Waals surface area contributed by atoms with Gasteiger partial charge >= 0.3 is 0 Å². The van der Waals surface area contributed by atoms with Crippen LogP contribution >= 0.6 is 11.6 Å². The molecule has 0 amide bonds. The van der Waals surface area contributed by atoms with E-state index in [1.165, 1.54) is 24.8 Å². The van der Waals surface area contributed by atoms with Crippen LogP contribution in [-0.4, -0.2) is 6.04 Å². The Morgan fingerprint density at radius 1 is 1.21 bits per heavy atom.